The molecule has 1 saturated heterocycles. The Bertz CT molecular complexity index is 898. The molecule has 0 radical (unpaired) electrons. The van der Waals surface area contributed by atoms with Crippen molar-refractivity contribution in [3.05, 3.63) is 47.8 Å². The number of para-hydroxylation sites is 1. The van der Waals surface area contributed by atoms with Crippen LogP contribution in [0, 0.1) is 12.8 Å². The number of aromatic nitrogens is 2. The van der Waals surface area contributed by atoms with Crippen LogP contribution in [-0.4, -0.2) is 68.8 Å². The van der Waals surface area contributed by atoms with E-state index in [1.54, 1.807) is 42.1 Å². The number of nitrogens with zero attached hydrogens (tertiary/aromatic N) is 4. The van der Waals surface area contributed by atoms with Crippen LogP contribution < -0.4 is 0 Å². The number of rotatable bonds is 4. The molecule has 0 aliphatic carbocycles. The van der Waals surface area contributed by atoms with E-state index in [0.717, 1.165) is 5.69 Å². The van der Waals surface area contributed by atoms with Gasteiger partial charge < -0.3 is 10.0 Å². The maximum Gasteiger partial charge on any atom is 0.407 e. The number of piperazine rings is 1. The van der Waals surface area contributed by atoms with E-state index in [0.29, 0.717) is 11.3 Å². The summed E-state index contributed by atoms with van der Waals surface area (Å²) in [6.07, 6.45) is -11.4. The average Bonchev–Trinajstić information content (AvgIpc) is 3.00. The number of hydrogen-bond donors (Lipinski definition) is 1. The highest BCUT2D eigenvalue weighted by molar-refractivity contribution is 5.65. The van der Waals surface area contributed by atoms with Gasteiger partial charge in [-0.1, -0.05) is 18.2 Å². The standard InChI is InChI=1S/C19H20F6N4O2/c1-12-13(10-29(26-12)14-5-3-2-4-6-14)9-27-7-8-28(17(30)31)15(11-27)16(18(20,21)22)19(23,24)25/h2-6,10,15-16H,7-9,11H2,1H3,(H,30,31). The molecule has 3 rings (SSSR count). The Hall–Kier alpha value is -2.76. The molecule has 0 saturated carbocycles. The van der Waals surface area contributed by atoms with Gasteiger partial charge in [0.15, 0.2) is 5.92 Å². The fraction of sp³-hybridized carbons (Fsp3) is 0.474. The highest BCUT2D eigenvalue weighted by Gasteiger charge is 2.62. The van der Waals surface area contributed by atoms with Gasteiger partial charge in [0, 0.05) is 37.9 Å². The molecule has 12 heteroatoms. The number of hydrogen-bond acceptors (Lipinski definition) is 3. The summed E-state index contributed by atoms with van der Waals surface area (Å²) in [5, 5.41) is 13.5. The molecule has 1 N–H and O–H groups in total. The van der Waals surface area contributed by atoms with Crippen molar-refractivity contribution in [2.75, 3.05) is 19.6 Å². The van der Waals surface area contributed by atoms with Gasteiger partial charge >= 0.3 is 18.4 Å². The molecule has 1 aliphatic rings. The molecule has 170 valence electrons. The first-order chi connectivity index (χ1) is 14.4. The third-order valence-corrected chi connectivity index (χ3v) is 5.25. The average molecular weight is 450 g/mol. The fourth-order valence-corrected chi connectivity index (χ4v) is 3.76. The molecule has 0 spiro atoms. The summed E-state index contributed by atoms with van der Waals surface area (Å²) >= 11 is 0. The van der Waals surface area contributed by atoms with Crippen molar-refractivity contribution in [1.29, 1.82) is 0 Å². The predicted molar refractivity (Wildman–Crippen MR) is 97.7 cm³/mol. The number of aryl methyl sites for hydroxylation is 1. The van der Waals surface area contributed by atoms with Crippen LogP contribution in [0.1, 0.15) is 11.3 Å². The minimum atomic E-state index is -5.63. The lowest BCUT2D eigenvalue weighted by molar-refractivity contribution is -0.300. The lowest BCUT2D eigenvalue weighted by atomic mass is 9.94. The quantitative estimate of drug-likeness (QED) is 0.713. The Balaban J connectivity index is 1.84. The molecule has 1 amide bonds. The predicted octanol–water partition coefficient (Wildman–Crippen LogP) is 4.09. The van der Waals surface area contributed by atoms with Gasteiger partial charge in [-0.05, 0) is 19.1 Å². The Morgan fingerprint density at radius 1 is 1.13 bits per heavy atom. The van der Waals surface area contributed by atoms with Crippen molar-refractivity contribution in [2.24, 2.45) is 5.92 Å². The summed E-state index contributed by atoms with van der Waals surface area (Å²) in [5.41, 5.74) is 1.95. The van der Waals surface area contributed by atoms with Gasteiger partial charge in [-0.15, -0.1) is 0 Å². The smallest absolute Gasteiger partial charge is 0.407 e. The van der Waals surface area contributed by atoms with Crippen LogP contribution in [0.25, 0.3) is 5.69 Å². The molecule has 1 atom stereocenters. The number of alkyl halides is 6. The molecule has 1 aliphatic heterocycles. The second kappa shape index (κ2) is 8.40. The van der Waals surface area contributed by atoms with Crippen LogP contribution in [0.3, 0.4) is 0 Å². The molecular weight excluding hydrogens is 430 g/mol. The van der Waals surface area contributed by atoms with Crippen LogP contribution in [0.4, 0.5) is 31.1 Å². The van der Waals surface area contributed by atoms with Crippen LogP contribution in [-0.2, 0) is 6.54 Å². The molecule has 31 heavy (non-hydrogen) atoms. The Kier molecular flexibility index (Phi) is 6.21. The van der Waals surface area contributed by atoms with E-state index in [-0.39, 0.29) is 18.0 Å². The molecule has 1 unspecified atom stereocenters. The molecule has 2 heterocycles. The first kappa shape index (κ1) is 22.9. The van der Waals surface area contributed by atoms with E-state index >= 15 is 0 Å². The number of amides is 1. The first-order valence-corrected chi connectivity index (χ1v) is 9.34. The molecule has 1 aromatic carbocycles. The van der Waals surface area contributed by atoms with Crippen molar-refractivity contribution in [1.82, 2.24) is 19.6 Å². The summed E-state index contributed by atoms with van der Waals surface area (Å²) in [5.74, 6) is -3.77. The van der Waals surface area contributed by atoms with E-state index in [1.165, 1.54) is 4.90 Å². The number of halogens is 6. The van der Waals surface area contributed by atoms with Crippen LogP contribution in [0.2, 0.25) is 0 Å². The van der Waals surface area contributed by atoms with Gasteiger partial charge in [0.05, 0.1) is 17.4 Å². The zero-order valence-electron chi connectivity index (χ0n) is 16.4. The maximum atomic E-state index is 13.3. The molecular formula is C19H20F6N4O2. The van der Waals surface area contributed by atoms with E-state index in [4.69, 9.17) is 0 Å². The highest BCUT2D eigenvalue weighted by Crippen LogP contribution is 2.43. The van der Waals surface area contributed by atoms with Gasteiger partial charge in [-0.3, -0.25) is 4.90 Å². The maximum absolute atomic E-state index is 13.3. The minimum Gasteiger partial charge on any atom is -0.465 e. The van der Waals surface area contributed by atoms with Crippen molar-refractivity contribution < 1.29 is 36.2 Å². The Morgan fingerprint density at radius 2 is 1.74 bits per heavy atom. The molecule has 0 bridgehead atoms. The van der Waals surface area contributed by atoms with Crippen LogP contribution in [0.15, 0.2) is 36.5 Å². The van der Waals surface area contributed by atoms with E-state index in [9.17, 15) is 36.2 Å². The van der Waals surface area contributed by atoms with Gasteiger partial charge in [-0.25, -0.2) is 9.48 Å². The van der Waals surface area contributed by atoms with Crippen molar-refractivity contribution in [3.8, 4) is 5.69 Å². The first-order valence-electron chi connectivity index (χ1n) is 9.34. The largest absolute Gasteiger partial charge is 0.465 e. The van der Waals surface area contributed by atoms with Gasteiger partial charge in [-0.2, -0.15) is 31.4 Å². The Labute approximate surface area is 173 Å². The SMILES string of the molecule is Cc1nn(-c2ccccc2)cc1CN1CCN(C(=O)O)C(C(C(F)(F)F)C(F)(F)F)C1. The van der Waals surface area contributed by atoms with Crippen molar-refractivity contribution in [3.63, 3.8) is 0 Å². The molecule has 1 aromatic heterocycles. The minimum absolute atomic E-state index is 0.00118. The lowest BCUT2D eigenvalue weighted by Crippen LogP contribution is -2.62. The molecule has 2 aromatic rings. The highest BCUT2D eigenvalue weighted by atomic mass is 19.4. The third-order valence-electron chi connectivity index (χ3n) is 5.25. The third kappa shape index (κ3) is 5.12. The van der Waals surface area contributed by atoms with E-state index < -0.39 is 43.5 Å². The lowest BCUT2D eigenvalue weighted by Gasteiger charge is -2.44. The molecule has 1 fully saturated rings. The summed E-state index contributed by atoms with van der Waals surface area (Å²) in [4.78, 5) is 13.0. The topological polar surface area (TPSA) is 61.6 Å². The summed E-state index contributed by atoms with van der Waals surface area (Å²) in [6, 6.07) is 6.73. The van der Waals surface area contributed by atoms with Gasteiger partial charge in [0.2, 0.25) is 0 Å². The monoisotopic (exact) mass is 450 g/mol. The van der Waals surface area contributed by atoms with Crippen LogP contribution in [0.5, 0.6) is 0 Å². The van der Waals surface area contributed by atoms with Gasteiger partial charge in [0.25, 0.3) is 0 Å². The summed E-state index contributed by atoms with van der Waals surface area (Å²) in [6.45, 7) is 0.570. The second-order valence-electron chi connectivity index (χ2n) is 7.36. The molecule has 6 nitrogen and oxygen atoms in total. The number of carbonyl (C=O) groups is 1. The van der Waals surface area contributed by atoms with Gasteiger partial charge in [0.1, 0.15) is 0 Å². The van der Waals surface area contributed by atoms with Crippen LogP contribution >= 0.6 is 0 Å². The van der Waals surface area contributed by atoms with E-state index in [1.807, 2.05) is 6.07 Å². The van der Waals surface area contributed by atoms with E-state index in [2.05, 4.69) is 5.10 Å². The normalized spacial score (nSPS) is 18.6. The van der Waals surface area contributed by atoms with Crippen molar-refractivity contribution >= 4 is 6.09 Å². The number of carboxylic acid groups (broad SMARTS) is 1. The summed E-state index contributed by atoms with van der Waals surface area (Å²) in [7, 11) is 0. The zero-order valence-corrected chi connectivity index (χ0v) is 16.4. The fourth-order valence-electron chi connectivity index (χ4n) is 3.76. The Morgan fingerprint density at radius 3 is 2.29 bits per heavy atom. The summed E-state index contributed by atoms with van der Waals surface area (Å²) < 4.78 is 81.2. The number of benzene rings is 1. The zero-order chi connectivity index (χ0) is 23.0. The second-order valence-corrected chi connectivity index (χ2v) is 7.36. The van der Waals surface area contributed by atoms with Crippen molar-refractivity contribution in [2.45, 2.75) is 31.9 Å².